The van der Waals surface area contributed by atoms with Crippen LogP contribution in [-0.4, -0.2) is 63.0 Å². The molecule has 1 aromatic carbocycles. The number of hydrogen-bond donors (Lipinski definition) is 2. The van der Waals surface area contributed by atoms with Gasteiger partial charge in [-0.1, -0.05) is 6.07 Å². The van der Waals surface area contributed by atoms with Crippen LogP contribution in [0.25, 0.3) is 0 Å². The highest BCUT2D eigenvalue weighted by atomic mass is 32.2. The monoisotopic (exact) mass is 402 g/mol. The molecule has 0 radical (unpaired) electrons. The maximum Gasteiger partial charge on any atom is 0.256 e. The number of aldehydes is 1. The third-order valence-electron chi connectivity index (χ3n) is 4.55. The predicted molar refractivity (Wildman–Crippen MR) is 106 cm³/mol. The summed E-state index contributed by atoms with van der Waals surface area (Å²) in [6.07, 6.45) is 1.25. The van der Waals surface area contributed by atoms with E-state index in [2.05, 4.69) is 4.98 Å². The summed E-state index contributed by atoms with van der Waals surface area (Å²) in [5, 5.41) is 19.7. The molecule has 0 aliphatic carbocycles. The number of amides is 1. The Balaban J connectivity index is 1.79. The molecule has 1 fully saturated rings. The molecule has 1 aliphatic heterocycles. The Bertz CT molecular complexity index is 858. The minimum atomic E-state index is -0.851. The van der Waals surface area contributed by atoms with Crippen molar-refractivity contribution in [1.82, 2.24) is 9.88 Å². The fraction of sp³-hybridized carbons (Fsp3) is 0.350. The number of carbonyl (C=O) groups excluding carboxylic acids is 2. The lowest BCUT2D eigenvalue weighted by Crippen LogP contribution is -2.49. The van der Waals surface area contributed by atoms with E-state index in [4.69, 9.17) is 4.74 Å². The Kier molecular flexibility index (Phi) is 6.53. The fourth-order valence-electron chi connectivity index (χ4n) is 3.11. The molecule has 148 valence electrons. The first-order valence-corrected chi connectivity index (χ1v) is 10.1. The van der Waals surface area contributed by atoms with Crippen LogP contribution >= 0.6 is 11.8 Å². The fourth-order valence-corrected chi connectivity index (χ4v) is 4.15. The zero-order valence-corrected chi connectivity index (χ0v) is 16.3. The quantitative estimate of drug-likeness (QED) is 0.715. The highest BCUT2D eigenvalue weighted by Crippen LogP contribution is 2.27. The van der Waals surface area contributed by atoms with E-state index in [1.807, 2.05) is 0 Å². The lowest BCUT2D eigenvalue weighted by molar-refractivity contribution is 0.0640. The zero-order chi connectivity index (χ0) is 20.1. The van der Waals surface area contributed by atoms with Crippen molar-refractivity contribution in [3.05, 3.63) is 53.3 Å². The van der Waals surface area contributed by atoms with Crippen LogP contribution in [0.4, 0.5) is 0 Å². The van der Waals surface area contributed by atoms with Gasteiger partial charge in [0.15, 0.2) is 6.29 Å². The molecule has 0 saturated carbocycles. The number of thioether (sulfide) groups is 1. The van der Waals surface area contributed by atoms with E-state index in [-0.39, 0.29) is 35.6 Å². The SMILES string of the molecule is C[C@H](O)c1ncccc1C(=O)N1CCSC[C@@H]1COc1cccc(O)c1C=O. The van der Waals surface area contributed by atoms with Crippen molar-refractivity contribution >= 4 is 24.0 Å². The molecule has 7 nitrogen and oxygen atoms in total. The van der Waals surface area contributed by atoms with Gasteiger partial charge in [-0.05, 0) is 31.2 Å². The molecular formula is C20H22N2O5S. The first kappa shape index (κ1) is 20.2. The van der Waals surface area contributed by atoms with Crippen LogP contribution in [0.3, 0.4) is 0 Å². The molecule has 0 unspecified atom stereocenters. The normalized spacial score (nSPS) is 17.8. The number of pyridine rings is 1. The highest BCUT2D eigenvalue weighted by Gasteiger charge is 2.30. The number of hydrogen-bond acceptors (Lipinski definition) is 7. The smallest absolute Gasteiger partial charge is 0.256 e. The minimum Gasteiger partial charge on any atom is -0.507 e. The zero-order valence-electron chi connectivity index (χ0n) is 15.4. The summed E-state index contributed by atoms with van der Waals surface area (Å²) < 4.78 is 5.78. The molecule has 0 spiro atoms. The van der Waals surface area contributed by atoms with Crippen molar-refractivity contribution in [3.63, 3.8) is 0 Å². The van der Waals surface area contributed by atoms with Crippen molar-refractivity contribution in [2.24, 2.45) is 0 Å². The number of benzene rings is 1. The number of aromatic hydroxyl groups is 1. The molecule has 1 amide bonds. The highest BCUT2D eigenvalue weighted by molar-refractivity contribution is 7.99. The summed E-state index contributed by atoms with van der Waals surface area (Å²) in [5.41, 5.74) is 0.814. The second-order valence-electron chi connectivity index (χ2n) is 6.46. The third kappa shape index (κ3) is 4.28. The number of aromatic nitrogens is 1. The van der Waals surface area contributed by atoms with Crippen LogP contribution < -0.4 is 4.74 Å². The van der Waals surface area contributed by atoms with E-state index in [1.54, 1.807) is 54.0 Å². The van der Waals surface area contributed by atoms with Crippen molar-refractivity contribution in [1.29, 1.82) is 0 Å². The number of rotatable bonds is 6. The van der Waals surface area contributed by atoms with Crippen molar-refractivity contribution in [2.75, 3.05) is 24.7 Å². The van der Waals surface area contributed by atoms with E-state index in [1.165, 1.54) is 6.07 Å². The van der Waals surface area contributed by atoms with Gasteiger partial charge in [-0.25, -0.2) is 0 Å². The van der Waals surface area contributed by atoms with Gasteiger partial charge < -0.3 is 19.8 Å². The van der Waals surface area contributed by atoms with Gasteiger partial charge in [-0.15, -0.1) is 0 Å². The van der Waals surface area contributed by atoms with Crippen molar-refractivity contribution in [2.45, 2.75) is 19.1 Å². The lowest BCUT2D eigenvalue weighted by atomic mass is 10.1. The van der Waals surface area contributed by atoms with Gasteiger partial charge in [0, 0.05) is 24.2 Å². The minimum absolute atomic E-state index is 0.0903. The van der Waals surface area contributed by atoms with Gasteiger partial charge in [0.25, 0.3) is 5.91 Å². The average molecular weight is 402 g/mol. The molecule has 1 aromatic heterocycles. The molecular weight excluding hydrogens is 380 g/mol. The van der Waals surface area contributed by atoms with Crippen LogP contribution in [0.15, 0.2) is 36.5 Å². The predicted octanol–water partition coefficient (Wildman–Crippen LogP) is 2.29. The summed E-state index contributed by atoms with van der Waals surface area (Å²) in [6, 6.07) is 7.75. The van der Waals surface area contributed by atoms with Gasteiger partial charge >= 0.3 is 0 Å². The summed E-state index contributed by atoms with van der Waals surface area (Å²) in [4.78, 5) is 30.2. The Morgan fingerprint density at radius 1 is 1.43 bits per heavy atom. The Morgan fingerprint density at radius 2 is 2.25 bits per heavy atom. The van der Waals surface area contributed by atoms with Crippen LogP contribution in [-0.2, 0) is 0 Å². The molecule has 2 atom stereocenters. The van der Waals surface area contributed by atoms with Gasteiger partial charge in [0.1, 0.15) is 18.1 Å². The number of ether oxygens (including phenoxy) is 1. The van der Waals surface area contributed by atoms with Crippen molar-refractivity contribution in [3.8, 4) is 11.5 Å². The maximum atomic E-state index is 13.1. The van der Waals surface area contributed by atoms with E-state index < -0.39 is 6.10 Å². The summed E-state index contributed by atoms with van der Waals surface area (Å²) >= 11 is 1.72. The molecule has 0 bridgehead atoms. The molecule has 3 rings (SSSR count). The first-order valence-electron chi connectivity index (χ1n) is 8.94. The van der Waals surface area contributed by atoms with Crippen LogP contribution in [0, 0.1) is 0 Å². The Labute approximate surface area is 167 Å². The average Bonchev–Trinajstić information content (AvgIpc) is 2.72. The molecule has 2 aromatic rings. The number of phenols is 1. The molecule has 2 N–H and O–H groups in total. The molecule has 8 heteroatoms. The number of nitrogens with zero attached hydrogens (tertiary/aromatic N) is 2. The van der Waals surface area contributed by atoms with Crippen LogP contribution in [0.5, 0.6) is 11.5 Å². The van der Waals surface area contributed by atoms with Gasteiger partial charge in [-0.2, -0.15) is 11.8 Å². The van der Waals surface area contributed by atoms with E-state index >= 15 is 0 Å². The maximum absolute atomic E-state index is 13.1. The summed E-state index contributed by atoms with van der Waals surface area (Å²) in [7, 11) is 0. The third-order valence-corrected chi connectivity index (χ3v) is 5.64. The van der Waals surface area contributed by atoms with E-state index in [0.29, 0.717) is 29.8 Å². The summed E-state index contributed by atoms with van der Waals surface area (Å²) in [6.45, 7) is 2.31. The number of carbonyl (C=O) groups is 2. The van der Waals surface area contributed by atoms with Gasteiger partial charge in [0.05, 0.1) is 29.0 Å². The van der Waals surface area contributed by atoms with E-state index in [9.17, 15) is 19.8 Å². The second-order valence-corrected chi connectivity index (χ2v) is 7.61. The van der Waals surface area contributed by atoms with Gasteiger partial charge in [-0.3, -0.25) is 14.6 Å². The molecule has 1 saturated heterocycles. The van der Waals surface area contributed by atoms with E-state index in [0.717, 1.165) is 5.75 Å². The molecule has 2 heterocycles. The van der Waals surface area contributed by atoms with Crippen molar-refractivity contribution < 1.29 is 24.5 Å². The molecule has 1 aliphatic rings. The van der Waals surface area contributed by atoms with Gasteiger partial charge in [0.2, 0.25) is 0 Å². The lowest BCUT2D eigenvalue weighted by Gasteiger charge is -2.35. The summed E-state index contributed by atoms with van der Waals surface area (Å²) in [5.74, 6) is 1.42. The van der Waals surface area contributed by atoms with Crippen LogP contribution in [0.1, 0.15) is 39.4 Å². The molecule has 28 heavy (non-hydrogen) atoms. The van der Waals surface area contributed by atoms with Crippen LogP contribution in [0.2, 0.25) is 0 Å². The Hall–Kier alpha value is -2.58. The number of phenolic OH excluding ortho intramolecular Hbond substituents is 1. The number of aliphatic hydroxyl groups excluding tert-OH is 1. The first-order chi connectivity index (χ1) is 13.5. The largest absolute Gasteiger partial charge is 0.507 e. The standard InChI is InChI=1S/C20H22N2O5S/c1-13(24)19-15(4-3-7-21-19)20(26)22-8-9-28-12-14(22)11-27-18-6-2-5-17(25)16(18)10-23/h2-7,10,13-14,24-25H,8-9,11-12H2,1H3/t13-,14-/m0/s1. The second kappa shape index (κ2) is 9.07. The number of aliphatic hydroxyl groups is 1. The topological polar surface area (TPSA) is 100.0 Å². The Morgan fingerprint density at radius 3 is 3.00 bits per heavy atom.